The second-order valence-electron chi connectivity index (χ2n) is 9.42. The molecule has 1 saturated heterocycles. The van der Waals surface area contributed by atoms with Crippen LogP contribution in [-0.4, -0.2) is 47.1 Å². The predicted molar refractivity (Wildman–Crippen MR) is 152 cm³/mol. The van der Waals surface area contributed by atoms with Crippen LogP contribution >= 0.6 is 0 Å². The van der Waals surface area contributed by atoms with Crippen molar-refractivity contribution in [3.8, 4) is 17.2 Å². The third kappa shape index (κ3) is 4.75. The number of methoxy groups -OCH3 is 1. The minimum atomic E-state index is -0.984. The van der Waals surface area contributed by atoms with Gasteiger partial charge in [0.2, 0.25) is 5.95 Å². The molecule has 206 valence electrons. The second-order valence-corrected chi connectivity index (χ2v) is 9.42. The minimum Gasteiger partial charge on any atom is -0.507 e. The number of imidazole rings is 1. The fourth-order valence-electron chi connectivity index (χ4n) is 4.88. The summed E-state index contributed by atoms with van der Waals surface area (Å²) in [6.07, 6.45) is 0.859. The van der Waals surface area contributed by atoms with E-state index in [9.17, 15) is 14.7 Å². The highest BCUT2D eigenvalue weighted by Crippen LogP contribution is 2.44. The number of rotatable bonds is 9. The molecule has 2 N–H and O–H groups in total. The number of carbonyl (C=O) groups is 2. The lowest BCUT2D eigenvalue weighted by molar-refractivity contribution is -0.132. The number of anilines is 1. The molecule has 4 aromatic rings. The SMILES string of the molecule is CCCOc1ccc(/C(O)=C2\C(=O)C(=O)N(c3nc4ccccc4[nH]3)C2c2ccc(OC)c(OCC)c2)cc1C. The molecule has 1 amide bonds. The number of H-pyrrole nitrogens is 1. The molecule has 1 aliphatic heterocycles. The quantitative estimate of drug-likeness (QED) is 0.159. The maximum Gasteiger partial charge on any atom is 0.302 e. The van der Waals surface area contributed by atoms with Crippen molar-refractivity contribution in [2.75, 3.05) is 25.2 Å². The van der Waals surface area contributed by atoms with Crippen LogP contribution in [0.3, 0.4) is 0 Å². The Kier molecular flexibility index (Phi) is 7.46. The lowest BCUT2D eigenvalue weighted by Gasteiger charge is -2.24. The summed E-state index contributed by atoms with van der Waals surface area (Å²) in [7, 11) is 1.54. The van der Waals surface area contributed by atoms with E-state index in [0.29, 0.717) is 52.6 Å². The largest absolute Gasteiger partial charge is 0.507 e. The third-order valence-corrected chi connectivity index (χ3v) is 6.76. The molecule has 5 rings (SSSR count). The van der Waals surface area contributed by atoms with Crippen molar-refractivity contribution >= 4 is 34.4 Å². The molecule has 2 heterocycles. The van der Waals surface area contributed by atoms with Crippen LogP contribution in [0.4, 0.5) is 5.95 Å². The summed E-state index contributed by atoms with van der Waals surface area (Å²) in [5.41, 5.74) is 3.03. The number of aliphatic hydroxyl groups excluding tert-OH is 1. The highest BCUT2D eigenvalue weighted by atomic mass is 16.5. The summed E-state index contributed by atoms with van der Waals surface area (Å²) in [6.45, 7) is 6.68. The van der Waals surface area contributed by atoms with Crippen molar-refractivity contribution < 1.29 is 28.9 Å². The highest BCUT2D eigenvalue weighted by molar-refractivity contribution is 6.51. The van der Waals surface area contributed by atoms with Crippen LogP contribution in [0.15, 0.2) is 66.2 Å². The molecule has 9 heteroatoms. The van der Waals surface area contributed by atoms with E-state index >= 15 is 0 Å². The Hall–Kier alpha value is -4.79. The number of ether oxygens (including phenoxy) is 3. The van der Waals surface area contributed by atoms with Gasteiger partial charge in [0.1, 0.15) is 11.5 Å². The summed E-state index contributed by atoms with van der Waals surface area (Å²) in [6, 6.07) is 16.7. The van der Waals surface area contributed by atoms with Gasteiger partial charge < -0.3 is 24.3 Å². The number of ketones is 1. The van der Waals surface area contributed by atoms with Crippen LogP contribution in [0.5, 0.6) is 17.2 Å². The Labute approximate surface area is 232 Å². The second kappa shape index (κ2) is 11.1. The first-order valence-electron chi connectivity index (χ1n) is 13.2. The molecule has 0 bridgehead atoms. The lowest BCUT2D eigenvalue weighted by Crippen LogP contribution is -2.30. The van der Waals surface area contributed by atoms with E-state index in [0.717, 1.165) is 12.0 Å². The normalized spacial score (nSPS) is 16.5. The third-order valence-electron chi connectivity index (χ3n) is 6.76. The van der Waals surface area contributed by atoms with E-state index in [1.54, 1.807) is 36.4 Å². The monoisotopic (exact) mass is 541 g/mol. The molecule has 9 nitrogen and oxygen atoms in total. The van der Waals surface area contributed by atoms with E-state index in [-0.39, 0.29) is 17.3 Å². The molecule has 3 aromatic carbocycles. The number of hydrogen-bond acceptors (Lipinski definition) is 7. The van der Waals surface area contributed by atoms with Crippen LogP contribution in [-0.2, 0) is 9.59 Å². The molecule has 40 heavy (non-hydrogen) atoms. The smallest absolute Gasteiger partial charge is 0.302 e. The molecule has 0 aliphatic carbocycles. The van der Waals surface area contributed by atoms with Crippen LogP contribution in [0.25, 0.3) is 16.8 Å². The van der Waals surface area contributed by atoms with Crippen molar-refractivity contribution in [1.29, 1.82) is 0 Å². The number of nitrogens with zero attached hydrogens (tertiary/aromatic N) is 2. The maximum absolute atomic E-state index is 13.6. The molecule has 1 aliphatic rings. The van der Waals surface area contributed by atoms with Gasteiger partial charge in [-0.25, -0.2) is 4.98 Å². The maximum atomic E-state index is 13.6. The van der Waals surface area contributed by atoms with Crippen molar-refractivity contribution in [1.82, 2.24) is 9.97 Å². The number of aryl methyl sites for hydroxylation is 1. The first kappa shape index (κ1) is 26.8. The molecule has 0 radical (unpaired) electrons. The molecule has 1 fully saturated rings. The van der Waals surface area contributed by atoms with Crippen LogP contribution in [0.2, 0.25) is 0 Å². The number of aromatic amines is 1. The predicted octanol–water partition coefficient (Wildman–Crippen LogP) is 5.69. The molecular weight excluding hydrogens is 510 g/mol. The number of Topliss-reactive ketones (excluding diaryl/α,β-unsaturated/α-hetero) is 1. The van der Waals surface area contributed by atoms with Gasteiger partial charge in [0.15, 0.2) is 11.5 Å². The van der Waals surface area contributed by atoms with Gasteiger partial charge in [0.05, 0.1) is 43.0 Å². The zero-order valence-corrected chi connectivity index (χ0v) is 22.9. The fraction of sp³-hybridized carbons (Fsp3) is 0.258. The summed E-state index contributed by atoms with van der Waals surface area (Å²) in [5.74, 6) is -0.0778. The molecular formula is C31H31N3O6. The van der Waals surface area contributed by atoms with E-state index in [4.69, 9.17) is 14.2 Å². The lowest BCUT2D eigenvalue weighted by atomic mass is 9.94. The number of amides is 1. The Morgan fingerprint density at radius 1 is 1.00 bits per heavy atom. The van der Waals surface area contributed by atoms with Gasteiger partial charge in [0.25, 0.3) is 5.78 Å². The highest BCUT2D eigenvalue weighted by Gasteiger charge is 2.48. The number of para-hydroxylation sites is 2. The minimum absolute atomic E-state index is 0.0558. The first-order chi connectivity index (χ1) is 19.4. The van der Waals surface area contributed by atoms with Crippen molar-refractivity contribution in [2.45, 2.75) is 33.2 Å². The first-order valence-corrected chi connectivity index (χ1v) is 13.2. The Bertz CT molecular complexity index is 1590. The van der Waals surface area contributed by atoms with Gasteiger partial charge in [-0.1, -0.05) is 25.1 Å². The van der Waals surface area contributed by atoms with Gasteiger partial charge >= 0.3 is 5.91 Å². The van der Waals surface area contributed by atoms with Crippen molar-refractivity contribution in [3.05, 3.63) is 82.9 Å². The Morgan fingerprint density at radius 2 is 1.77 bits per heavy atom. The van der Waals surface area contributed by atoms with E-state index in [1.807, 2.05) is 45.0 Å². The van der Waals surface area contributed by atoms with Gasteiger partial charge in [-0.05, 0) is 73.9 Å². The van der Waals surface area contributed by atoms with Crippen LogP contribution in [0, 0.1) is 6.92 Å². The van der Waals surface area contributed by atoms with Gasteiger partial charge in [-0.3, -0.25) is 14.5 Å². The van der Waals surface area contributed by atoms with E-state index < -0.39 is 17.7 Å². The molecule has 1 unspecified atom stereocenters. The summed E-state index contributed by atoms with van der Waals surface area (Å²) in [5, 5.41) is 11.6. The average Bonchev–Trinajstić information content (AvgIpc) is 3.50. The number of nitrogens with one attached hydrogen (secondary N) is 1. The number of aromatic nitrogens is 2. The number of aliphatic hydroxyl groups is 1. The zero-order chi connectivity index (χ0) is 28.4. The number of carbonyl (C=O) groups excluding carboxylic acids is 2. The topological polar surface area (TPSA) is 114 Å². The van der Waals surface area contributed by atoms with Crippen LogP contribution < -0.4 is 19.1 Å². The van der Waals surface area contributed by atoms with Gasteiger partial charge in [0, 0.05) is 5.56 Å². The van der Waals surface area contributed by atoms with Crippen molar-refractivity contribution in [3.63, 3.8) is 0 Å². The van der Waals surface area contributed by atoms with E-state index in [2.05, 4.69) is 9.97 Å². The summed E-state index contributed by atoms with van der Waals surface area (Å²) < 4.78 is 17.0. The van der Waals surface area contributed by atoms with Crippen LogP contribution in [0.1, 0.15) is 43.0 Å². The summed E-state index contributed by atoms with van der Waals surface area (Å²) in [4.78, 5) is 36.2. The van der Waals surface area contributed by atoms with Gasteiger partial charge in [-0.2, -0.15) is 0 Å². The number of fused-ring (bicyclic) bond motifs is 1. The standard InChI is InChI=1S/C31H31N3O6/c1-5-15-40-23-13-12-20(16-18(23)3)28(35)26-27(19-11-14-24(38-4)25(17-19)39-6-2)34(30(37)29(26)36)31-32-21-9-7-8-10-22(21)33-31/h7-14,16-17,27,35H,5-6,15H2,1-4H3,(H,32,33)/b28-26+. The molecule has 0 saturated carbocycles. The van der Waals surface area contributed by atoms with Gasteiger partial charge in [-0.15, -0.1) is 0 Å². The number of hydrogen-bond donors (Lipinski definition) is 2. The Morgan fingerprint density at radius 3 is 2.48 bits per heavy atom. The molecule has 1 aromatic heterocycles. The average molecular weight is 542 g/mol. The molecule has 0 spiro atoms. The zero-order valence-electron chi connectivity index (χ0n) is 22.9. The number of benzene rings is 3. The van der Waals surface area contributed by atoms with E-state index in [1.165, 1.54) is 12.0 Å². The molecule has 1 atom stereocenters. The Balaban J connectivity index is 1.70. The fourth-order valence-corrected chi connectivity index (χ4v) is 4.88. The summed E-state index contributed by atoms with van der Waals surface area (Å²) >= 11 is 0. The van der Waals surface area contributed by atoms with Crippen molar-refractivity contribution in [2.24, 2.45) is 0 Å².